The third-order valence-electron chi connectivity index (χ3n) is 1.96. The highest BCUT2D eigenvalue weighted by Gasteiger charge is 2.21. The number of carbonyl (C=O) groups excluding carboxylic acids is 1. The van der Waals surface area contributed by atoms with Crippen molar-refractivity contribution in [1.29, 1.82) is 0 Å². The van der Waals surface area contributed by atoms with Gasteiger partial charge in [0.2, 0.25) is 5.91 Å². The summed E-state index contributed by atoms with van der Waals surface area (Å²) < 4.78 is 0. The Morgan fingerprint density at radius 3 is 3.08 bits per heavy atom. The molecule has 1 aliphatic rings. The molecule has 66 valence electrons. The van der Waals surface area contributed by atoms with Crippen LogP contribution >= 0.6 is 0 Å². The van der Waals surface area contributed by atoms with Crippen LogP contribution < -0.4 is 5.32 Å². The highest BCUT2D eigenvalue weighted by molar-refractivity contribution is 5.84. The van der Waals surface area contributed by atoms with Gasteiger partial charge in [0, 0.05) is 12.4 Å². The molecule has 1 aromatic heterocycles. The summed E-state index contributed by atoms with van der Waals surface area (Å²) in [5.74, 6) is 0.126. The zero-order chi connectivity index (χ0) is 9.10. The van der Waals surface area contributed by atoms with Crippen LogP contribution in [-0.4, -0.2) is 16.9 Å². The molecule has 3 nitrogen and oxygen atoms in total. The van der Waals surface area contributed by atoms with Gasteiger partial charge in [-0.05, 0) is 11.6 Å². The molecule has 1 fully saturated rings. The standard InChI is InChI=1S/C10H10N2O/c13-10-6-9(12-10)4-3-8-2-1-5-11-7-8/h1-5,7,9H,6H2,(H,12,13). The third kappa shape index (κ3) is 1.93. The van der Waals surface area contributed by atoms with Crippen LogP contribution in [0.25, 0.3) is 6.08 Å². The Morgan fingerprint density at radius 2 is 2.46 bits per heavy atom. The Balaban J connectivity index is 1.95. The predicted octanol–water partition coefficient (Wildman–Crippen LogP) is 0.983. The number of hydrogen-bond acceptors (Lipinski definition) is 2. The minimum Gasteiger partial charge on any atom is -0.349 e. The molecule has 0 saturated carbocycles. The van der Waals surface area contributed by atoms with Crippen molar-refractivity contribution in [3.63, 3.8) is 0 Å². The van der Waals surface area contributed by atoms with Gasteiger partial charge in [-0.2, -0.15) is 0 Å². The smallest absolute Gasteiger partial charge is 0.222 e. The Hall–Kier alpha value is -1.64. The number of carbonyl (C=O) groups is 1. The van der Waals surface area contributed by atoms with Crippen molar-refractivity contribution in [3.8, 4) is 0 Å². The Kier molecular flexibility index (Phi) is 2.08. The summed E-state index contributed by atoms with van der Waals surface area (Å²) >= 11 is 0. The molecule has 0 bridgehead atoms. The van der Waals surface area contributed by atoms with Crippen molar-refractivity contribution >= 4 is 12.0 Å². The lowest BCUT2D eigenvalue weighted by Gasteiger charge is -2.23. The van der Waals surface area contributed by atoms with Gasteiger partial charge in [0.25, 0.3) is 0 Å². The second-order valence-electron chi connectivity index (χ2n) is 3.02. The zero-order valence-corrected chi connectivity index (χ0v) is 7.10. The average Bonchev–Trinajstić information content (AvgIpc) is 2.12. The summed E-state index contributed by atoms with van der Waals surface area (Å²) in [6.07, 6.45) is 8.09. The van der Waals surface area contributed by atoms with E-state index in [9.17, 15) is 4.79 Å². The first-order valence-corrected chi connectivity index (χ1v) is 4.22. The van der Waals surface area contributed by atoms with Crippen molar-refractivity contribution < 1.29 is 4.79 Å². The van der Waals surface area contributed by atoms with Crippen molar-refractivity contribution in [1.82, 2.24) is 10.3 Å². The molecule has 0 aliphatic carbocycles. The Labute approximate surface area is 76.5 Å². The molecule has 0 spiro atoms. The van der Waals surface area contributed by atoms with Crippen LogP contribution in [0.3, 0.4) is 0 Å². The summed E-state index contributed by atoms with van der Waals surface area (Å²) in [6.45, 7) is 0. The Bertz CT molecular complexity index is 324. The van der Waals surface area contributed by atoms with Crippen LogP contribution in [0.2, 0.25) is 0 Å². The number of β-lactam (4-membered cyclic amide) rings is 1. The molecule has 1 atom stereocenters. The van der Waals surface area contributed by atoms with Crippen LogP contribution in [-0.2, 0) is 4.79 Å². The van der Waals surface area contributed by atoms with E-state index in [0.29, 0.717) is 6.42 Å². The molecular weight excluding hydrogens is 164 g/mol. The molecule has 1 N–H and O–H groups in total. The fourth-order valence-electron chi connectivity index (χ4n) is 1.20. The molecule has 1 aromatic rings. The molecule has 1 aliphatic heterocycles. The van der Waals surface area contributed by atoms with Crippen molar-refractivity contribution in [2.75, 3.05) is 0 Å². The SMILES string of the molecule is O=C1CC(C=Cc2cccnc2)N1. The molecular formula is C10H10N2O. The molecule has 0 aromatic carbocycles. The summed E-state index contributed by atoms with van der Waals surface area (Å²) in [4.78, 5) is 14.5. The first kappa shape index (κ1) is 7.98. The quantitative estimate of drug-likeness (QED) is 0.679. The van der Waals surface area contributed by atoms with Crippen LogP contribution in [0.4, 0.5) is 0 Å². The van der Waals surface area contributed by atoms with Crippen molar-refractivity contribution in [2.24, 2.45) is 0 Å². The summed E-state index contributed by atoms with van der Waals surface area (Å²) in [6, 6.07) is 4.08. The molecule has 2 heterocycles. The molecule has 13 heavy (non-hydrogen) atoms. The lowest BCUT2D eigenvalue weighted by molar-refractivity contribution is -0.127. The van der Waals surface area contributed by atoms with Gasteiger partial charge in [-0.1, -0.05) is 18.2 Å². The zero-order valence-electron chi connectivity index (χ0n) is 7.10. The summed E-state index contributed by atoms with van der Waals surface area (Å²) in [7, 11) is 0. The van der Waals surface area contributed by atoms with Crippen molar-refractivity contribution in [2.45, 2.75) is 12.5 Å². The second-order valence-corrected chi connectivity index (χ2v) is 3.02. The number of nitrogens with one attached hydrogen (secondary N) is 1. The van der Waals surface area contributed by atoms with Gasteiger partial charge < -0.3 is 5.32 Å². The second kappa shape index (κ2) is 3.39. The lowest BCUT2D eigenvalue weighted by atomic mass is 10.1. The van der Waals surface area contributed by atoms with E-state index in [0.717, 1.165) is 5.56 Å². The highest BCUT2D eigenvalue weighted by atomic mass is 16.2. The number of aromatic nitrogens is 1. The van der Waals surface area contributed by atoms with E-state index < -0.39 is 0 Å². The van der Waals surface area contributed by atoms with Crippen LogP contribution in [0.1, 0.15) is 12.0 Å². The number of pyridine rings is 1. The lowest BCUT2D eigenvalue weighted by Crippen LogP contribution is -2.46. The number of amides is 1. The van der Waals surface area contributed by atoms with Gasteiger partial charge in [0.15, 0.2) is 0 Å². The Morgan fingerprint density at radius 1 is 1.62 bits per heavy atom. The van der Waals surface area contributed by atoms with Gasteiger partial charge in [-0.3, -0.25) is 9.78 Å². The maximum absolute atomic E-state index is 10.6. The fourth-order valence-corrected chi connectivity index (χ4v) is 1.20. The maximum atomic E-state index is 10.6. The number of nitrogens with zero attached hydrogens (tertiary/aromatic N) is 1. The number of hydrogen-bond donors (Lipinski definition) is 1. The first-order chi connectivity index (χ1) is 6.34. The maximum Gasteiger partial charge on any atom is 0.222 e. The van der Waals surface area contributed by atoms with Gasteiger partial charge in [-0.15, -0.1) is 0 Å². The third-order valence-corrected chi connectivity index (χ3v) is 1.96. The minimum atomic E-state index is 0.126. The normalized spacial score (nSPS) is 21.2. The molecule has 0 radical (unpaired) electrons. The minimum absolute atomic E-state index is 0.126. The van der Waals surface area contributed by atoms with Crippen molar-refractivity contribution in [3.05, 3.63) is 36.2 Å². The van der Waals surface area contributed by atoms with Crippen LogP contribution in [0, 0.1) is 0 Å². The molecule has 1 saturated heterocycles. The molecule has 1 amide bonds. The largest absolute Gasteiger partial charge is 0.349 e. The van der Waals surface area contributed by atoms with E-state index in [4.69, 9.17) is 0 Å². The highest BCUT2D eigenvalue weighted by Crippen LogP contribution is 2.08. The monoisotopic (exact) mass is 174 g/mol. The van der Waals surface area contributed by atoms with E-state index in [1.807, 2.05) is 24.3 Å². The average molecular weight is 174 g/mol. The van der Waals surface area contributed by atoms with Crippen LogP contribution in [0.5, 0.6) is 0 Å². The van der Waals surface area contributed by atoms with E-state index in [1.54, 1.807) is 12.4 Å². The van der Waals surface area contributed by atoms with Gasteiger partial charge >= 0.3 is 0 Å². The molecule has 2 rings (SSSR count). The number of rotatable bonds is 2. The predicted molar refractivity (Wildman–Crippen MR) is 49.8 cm³/mol. The summed E-state index contributed by atoms with van der Waals surface area (Å²) in [5, 5.41) is 2.77. The molecule has 1 unspecified atom stereocenters. The van der Waals surface area contributed by atoms with E-state index in [-0.39, 0.29) is 11.9 Å². The van der Waals surface area contributed by atoms with Gasteiger partial charge in [-0.25, -0.2) is 0 Å². The molecule has 3 heteroatoms. The van der Waals surface area contributed by atoms with Crippen LogP contribution in [0.15, 0.2) is 30.6 Å². The summed E-state index contributed by atoms with van der Waals surface area (Å²) in [5.41, 5.74) is 1.06. The fraction of sp³-hybridized carbons (Fsp3) is 0.200. The topological polar surface area (TPSA) is 42.0 Å². The first-order valence-electron chi connectivity index (χ1n) is 4.22. The van der Waals surface area contributed by atoms with E-state index >= 15 is 0 Å². The van der Waals surface area contributed by atoms with E-state index in [1.165, 1.54) is 0 Å². The van der Waals surface area contributed by atoms with Gasteiger partial charge in [0.1, 0.15) is 0 Å². The van der Waals surface area contributed by atoms with Gasteiger partial charge in [0.05, 0.1) is 12.5 Å². The van der Waals surface area contributed by atoms with E-state index in [2.05, 4.69) is 10.3 Å².